The molecule has 1 aromatic heterocycles. The number of aromatic nitrogens is 2. The molecule has 8 heteroatoms. The molecule has 160 valence electrons. The Morgan fingerprint density at radius 3 is 2.64 bits per heavy atom. The van der Waals surface area contributed by atoms with Crippen molar-refractivity contribution in [2.45, 2.75) is 63.9 Å². The van der Waals surface area contributed by atoms with E-state index in [1.54, 1.807) is 13.3 Å². The summed E-state index contributed by atoms with van der Waals surface area (Å²) < 4.78 is 38.8. The quantitative estimate of drug-likeness (QED) is 0.619. The molecule has 7 nitrogen and oxygen atoms in total. The van der Waals surface area contributed by atoms with Crippen molar-refractivity contribution < 1.29 is 17.9 Å². The number of hydrogen-bond acceptors (Lipinski definition) is 6. The Hall–Kier alpha value is -0.960. The Labute approximate surface area is 169 Å². The number of likely N-dealkylation sites (tertiary alicyclic amines) is 1. The van der Waals surface area contributed by atoms with Crippen molar-refractivity contribution in [3.8, 4) is 0 Å². The molecule has 0 bridgehead atoms. The van der Waals surface area contributed by atoms with Crippen molar-refractivity contribution in [3.05, 3.63) is 11.9 Å². The molecule has 0 amide bonds. The molecule has 2 saturated heterocycles. The molecule has 2 aliphatic heterocycles. The van der Waals surface area contributed by atoms with Crippen LogP contribution in [0, 0.1) is 11.8 Å². The molecule has 1 aromatic rings. The lowest BCUT2D eigenvalue weighted by atomic mass is 9.98. The van der Waals surface area contributed by atoms with Gasteiger partial charge in [0.05, 0.1) is 23.7 Å². The molecule has 0 saturated carbocycles. The molecule has 0 radical (unpaired) electrons. The molecule has 0 unspecified atom stereocenters. The average molecular weight is 414 g/mol. The molecule has 2 fully saturated rings. The predicted molar refractivity (Wildman–Crippen MR) is 108 cm³/mol. The molecule has 0 spiro atoms. The topological polar surface area (TPSA) is 73.7 Å². The second-order valence-corrected chi connectivity index (χ2v) is 10.6. The highest BCUT2D eigenvalue weighted by molar-refractivity contribution is 7.91. The zero-order valence-corrected chi connectivity index (χ0v) is 18.3. The van der Waals surface area contributed by atoms with Crippen LogP contribution in [0.1, 0.15) is 45.2 Å². The first kappa shape index (κ1) is 21.7. The largest absolute Gasteiger partial charge is 0.384 e. The standard InChI is InChI=1S/C20H35N3O4S/c1-16(2)12-23-18(13-22-8-6-17(7-9-22)14-26-3)11-21-20(23)28(24,25)15-19-5-4-10-27-19/h11,16-17,19H,4-10,12-15H2,1-3H3/t19-/m1/s1. The van der Waals surface area contributed by atoms with Gasteiger partial charge in [-0.05, 0) is 50.6 Å². The first-order valence-corrected chi connectivity index (χ1v) is 12.1. The van der Waals surface area contributed by atoms with E-state index in [0.29, 0.717) is 25.0 Å². The molecule has 2 aliphatic rings. The van der Waals surface area contributed by atoms with Crippen LogP contribution in [-0.4, -0.2) is 68.1 Å². The fraction of sp³-hybridized carbons (Fsp3) is 0.850. The summed E-state index contributed by atoms with van der Waals surface area (Å²) in [6, 6.07) is 0. The minimum atomic E-state index is -3.46. The number of imidazole rings is 1. The first-order valence-electron chi connectivity index (χ1n) is 10.5. The predicted octanol–water partition coefficient (Wildman–Crippen LogP) is 2.35. The molecule has 0 aromatic carbocycles. The van der Waals surface area contributed by atoms with Crippen molar-refractivity contribution in [3.63, 3.8) is 0 Å². The van der Waals surface area contributed by atoms with Gasteiger partial charge in [-0.1, -0.05) is 13.8 Å². The highest BCUT2D eigenvalue weighted by atomic mass is 32.2. The summed E-state index contributed by atoms with van der Waals surface area (Å²) in [6.07, 6.45) is 5.55. The SMILES string of the molecule is COCC1CCN(Cc2cnc(S(=O)(=O)C[C@H]3CCCO3)n2CC(C)C)CC1. The van der Waals surface area contributed by atoms with Crippen LogP contribution in [0.4, 0.5) is 0 Å². The van der Waals surface area contributed by atoms with E-state index in [0.717, 1.165) is 57.6 Å². The Morgan fingerprint density at radius 1 is 1.29 bits per heavy atom. The lowest BCUT2D eigenvalue weighted by Gasteiger charge is -2.31. The van der Waals surface area contributed by atoms with E-state index in [9.17, 15) is 8.42 Å². The molecule has 0 N–H and O–H groups in total. The number of nitrogens with zero attached hydrogens (tertiary/aromatic N) is 3. The third-order valence-electron chi connectivity index (χ3n) is 5.65. The zero-order valence-electron chi connectivity index (χ0n) is 17.5. The van der Waals surface area contributed by atoms with Crippen molar-refractivity contribution in [1.29, 1.82) is 0 Å². The molecule has 3 heterocycles. The molecular formula is C20H35N3O4S. The van der Waals surface area contributed by atoms with Crippen LogP contribution in [0.5, 0.6) is 0 Å². The Bertz CT molecular complexity index is 718. The van der Waals surface area contributed by atoms with Gasteiger partial charge in [0, 0.05) is 33.4 Å². The van der Waals surface area contributed by atoms with Gasteiger partial charge in [0.2, 0.25) is 15.0 Å². The van der Waals surface area contributed by atoms with E-state index in [1.807, 2.05) is 4.57 Å². The summed E-state index contributed by atoms with van der Waals surface area (Å²) in [6.45, 7) is 9.13. The first-order chi connectivity index (χ1) is 13.4. The number of piperidine rings is 1. The lowest BCUT2D eigenvalue weighted by molar-refractivity contribution is 0.0956. The Balaban J connectivity index is 1.73. The summed E-state index contributed by atoms with van der Waals surface area (Å²) in [5, 5.41) is 0.209. The van der Waals surface area contributed by atoms with Crippen molar-refractivity contribution >= 4 is 9.84 Å². The van der Waals surface area contributed by atoms with E-state index in [4.69, 9.17) is 9.47 Å². The normalized spacial score (nSPS) is 22.4. The maximum atomic E-state index is 13.0. The minimum absolute atomic E-state index is 0.0317. The number of hydrogen-bond donors (Lipinski definition) is 0. The van der Waals surface area contributed by atoms with Gasteiger partial charge >= 0.3 is 0 Å². The number of sulfone groups is 1. The number of rotatable bonds is 9. The highest BCUT2D eigenvalue weighted by Crippen LogP contribution is 2.23. The van der Waals surface area contributed by atoms with Gasteiger partial charge in [0.15, 0.2) is 0 Å². The summed E-state index contributed by atoms with van der Waals surface area (Å²) in [5.41, 5.74) is 0.991. The van der Waals surface area contributed by atoms with E-state index in [1.165, 1.54) is 0 Å². The van der Waals surface area contributed by atoms with Crippen molar-refractivity contribution in [2.24, 2.45) is 11.8 Å². The average Bonchev–Trinajstić information content (AvgIpc) is 3.27. The van der Waals surface area contributed by atoms with Crippen LogP contribution in [0.3, 0.4) is 0 Å². The Kier molecular flexibility index (Phi) is 7.53. The summed E-state index contributed by atoms with van der Waals surface area (Å²) in [4.78, 5) is 6.76. The maximum absolute atomic E-state index is 13.0. The molecule has 1 atom stereocenters. The molecule has 28 heavy (non-hydrogen) atoms. The van der Waals surface area contributed by atoms with Crippen LogP contribution >= 0.6 is 0 Å². The smallest absolute Gasteiger partial charge is 0.227 e. The van der Waals surface area contributed by atoms with Crippen molar-refractivity contribution in [1.82, 2.24) is 14.5 Å². The van der Waals surface area contributed by atoms with Crippen LogP contribution in [-0.2, 0) is 32.4 Å². The van der Waals surface area contributed by atoms with Crippen LogP contribution in [0.2, 0.25) is 0 Å². The van der Waals surface area contributed by atoms with Crippen LogP contribution in [0.15, 0.2) is 11.4 Å². The maximum Gasteiger partial charge on any atom is 0.227 e. The fourth-order valence-electron chi connectivity index (χ4n) is 4.20. The summed E-state index contributed by atoms with van der Waals surface area (Å²) in [7, 11) is -1.70. The third-order valence-corrected chi connectivity index (χ3v) is 7.34. The molecule has 0 aliphatic carbocycles. The van der Waals surface area contributed by atoms with Gasteiger partial charge in [-0.15, -0.1) is 0 Å². The van der Waals surface area contributed by atoms with Gasteiger partial charge in [-0.2, -0.15) is 0 Å². The van der Waals surface area contributed by atoms with Crippen LogP contribution < -0.4 is 0 Å². The number of methoxy groups -OCH3 is 1. The Morgan fingerprint density at radius 2 is 2.04 bits per heavy atom. The third kappa shape index (κ3) is 5.55. The summed E-state index contributed by atoms with van der Waals surface area (Å²) >= 11 is 0. The van der Waals surface area contributed by atoms with Gasteiger partial charge in [-0.3, -0.25) is 4.90 Å². The second-order valence-electron chi connectivity index (χ2n) is 8.63. The number of ether oxygens (including phenoxy) is 2. The van der Waals surface area contributed by atoms with Gasteiger partial charge in [-0.25, -0.2) is 13.4 Å². The van der Waals surface area contributed by atoms with E-state index < -0.39 is 9.84 Å². The summed E-state index contributed by atoms with van der Waals surface area (Å²) in [5.74, 6) is 1.01. The second kappa shape index (κ2) is 9.69. The van der Waals surface area contributed by atoms with Gasteiger partial charge in [0.1, 0.15) is 0 Å². The highest BCUT2D eigenvalue weighted by Gasteiger charge is 2.30. The van der Waals surface area contributed by atoms with Gasteiger partial charge in [0.25, 0.3) is 0 Å². The monoisotopic (exact) mass is 413 g/mol. The van der Waals surface area contributed by atoms with Crippen molar-refractivity contribution in [2.75, 3.05) is 39.2 Å². The minimum Gasteiger partial charge on any atom is -0.384 e. The molecule has 3 rings (SSSR count). The van der Waals surface area contributed by atoms with E-state index in [2.05, 4.69) is 23.7 Å². The lowest BCUT2D eigenvalue weighted by Crippen LogP contribution is -2.35. The van der Waals surface area contributed by atoms with Gasteiger partial charge < -0.3 is 14.0 Å². The fourth-order valence-corrected chi connectivity index (χ4v) is 5.84. The van der Waals surface area contributed by atoms with E-state index in [-0.39, 0.29) is 17.0 Å². The van der Waals surface area contributed by atoms with Crippen LogP contribution in [0.25, 0.3) is 0 Å². The molecular weight excluding hydrogens is 378 g/mol. The van der Waals surface area contributed by atoms with E-state index >= 15 is 0 Å². The zero-order chi connectivity index (χ0) is 20.1.